The first-order valence-electron chi connectivity index (χ1n) is 8.29. The van der Waals surface area contributed by atoms with Crippen LogP contribution in [-0.4, -0.2) is 22.5 Å². The van der Waals surface area contributed by atoms with E-state index in [1.54, 1.807) is 12.3 Å². The number of nitrogens with zero attached hydrogens (tertiary/aromatic N) is 2. The molecule has 4 rings (SSSR count). The highest BCUT2D eigenvalue weighted by atomic mass is 16.2. The highest BCUT2D eigenvalue weighted by Gasteiger charge is 2.31. The van der Waals surface area contributed by atoms with Gasteiger partial charge in [-0.25, -0.2) is 9.78 Å². The Bertz CT molecular complexity index is 858. The number of aromatic nitrogens is 1. The highest BCUT2D eigenvalue weighted by molar-refractivity contribution is 5.90. The molecule has 0 aliphatic carbocycles. The Kier molecular flexibility index (Phi) is 3.87. The first-order chi connectivity index (χ1) is 11.8. The van der Waals surface area contributed by atoms with Gasteiger partial charge in [-0.15, -0.1) is 0 Å². The largest absolute Gasteiger partial charge is 0.323 e. The molecule has 2 aromatic carbocycles. The normalized spacial score (nSPS) is 17.2. The standard InChI is InChI=1S/C20H19N3O/c24-20(22-19-12-3-4-13-21-19)23-14-6-11-18(23)17-10-5-8-15-7-1-2-9-16(15)17/h1-5,7-10,12-13,18H,6,11,14H2,(H,21,22,24). The second-order valence-electron chi connectivity index (χ2n) is 6.06. The van der Waals surface area contributed by atoms with Crippen molar-refractivity contribution in [1.29, 1.82) is 0 Å². The SMILES string of the molecule is O=C(Nc1ccccn1)N1CCCC1c1cccc2ccccc12. The van der Waals surface area contributed by atoms with Gasteiger partial charge in [0.1, 0.15) is 5.82 Å². The second kappa shape index (κ2) is 6.32. The van der Waals surface area contributed by atoms with Gasteiger partial charge in [-0.1, -0.05) is 48.5 Å². The van der Waals surface area contributed by atoms with E-state index < -0.39 is 0 Å². The number of hydrogen-bond acceptors (Lipinski definition) is 2. The predicted octanol–water partition coefficient (Wildman–Crippen LogP) is 4.60. The molecule has 1 atom stereocenters. The molecular formula is C20H19N3O. The van der Waals surface area contributed by atoms with Gasteiger partial charge in [0.25, 0.3) is 0 Å². The zero-order valence-electron chi connectivity index (χ0n) is 13.4. The molecule has 2 amide bonds. The minimum absolute atomic E-state index is 0.0795. The van der Waals surface area contributed by atoms with E-state index in [-0.39, 0.29) is 12.1 Å². The van der Waals surface area contributed by atoms with Crippen LogP contribution in [0.15, 0.2) is 66.9 Å². The first kappa shape index (κ1) is 14.7. The van der Waals surface area contributed by atoms with Crippen LogP contribution in [0.1, 0.15) is 24.4 Å². The Balaban J connectivity index is 1.64. The predicted molar refractivity (Wildman–Crippen MR) is 95.9 cm³/mol. The van der Waals surface area contributed by atoms with Crippen molar-refractivity contribution in [3.8, 4) is 0 Å². The first-order valence-corrected chi connectivity index (χ1v) is 8.29. The van der Waals surface area contributed by atoms with Crippen molar-refractivity contribution in [2.45, 2.75) is 18.9 Å². The quantitative estimate of drug-likeness (QED) is 0.750. The Labute approximate surface area is 141 Å². The molecule has 120 valence electrons. The second-order valence-corrected chi connectivity index (χ2v) is 6.06. The van der Waals surface area contributed by atoms with Crippen LogP contribution >= 0.6 is 0 Å². The van der Waals surface area contributed by atoms with E-state index in [1.807, 2.05) is 23.1 Å². The van der Waals surface area contributed by atoms with E-state index in [4.69, 9.17) is 0 Å². The number of urea groups is 1. The number of hydrogen-bond donors (Lipinski definition) is 1. The summed E-state index contributed by atoms with van der Waals surface area (Å²) in [6.07, 6.45) is 3.69. The average molecular weight is 317 g/mol. The van der Waals surface area contributed by atoms with Crippen LogP contribution in [0.25, 0.3) is 10.8 Å². The van der Waals surface area contributed by atoms with Crippen LogP contribution in [0.3, 0.4) is 0 Å². The fourth-order valence-corrected chi connectivity index (χ4v) is 3.49. The van der Waals surface area contributed by atoms with Crippen LogP contribution in [0.5, 0.6) is 0 Å². The Morgan fingerprint density at radius 1 is 1.04 bits per heavy atom. The highest BCUT2D eigenvalue weighted by Crippen LogP contribution is 2.36. The van der Waals surface area contributed by atoms with Crippen molar-refractivity contribution in [2.24, 2.45) is 0 Å². The molecule has 0 radical (unpaired) electrons. The van der Waals surface area contributed by atoms with Crippen LogP contribution < -0.4 is 5.32 Å². The maximum Gasteiger partial charge on any atom is 0.323 e. The molecular weight excluding hydrogens is 298 g/mol. The molecule has 1 saturated heterocycles. The summed E-state index contributed by atoms with van der Waals surface area (Å²) in [5.41, 5.74) is 1.22. The van der Waals surface area contributed by atoms with E-state index in [0.29, 0.717) is 5.82 Å². The molecule has 1 aliphatic heterocycles. The lowest BCUT2D eigenvalue weighted by atomic mass is 9.97. The number of carbonyl (C=O) groups is 1. The number of anilines is 1. The van der Waals surface area contributed by atoms with Gasteiger partial charge in [0.15, 0.2) is 0 Å². The molecule has 1 aromatic heterocycles. The fraction of sp³-hybridized carbons (Fsp3) is 0.200. The number of carbonyl (C=O) groups excluding carboxylic acids is 1. The number of likely N-dealkylation sites (tertiary alicyclic amines) is 1. The number of benzene rings is 2. The molecule has 0 saturated carbocycles. The van der Waals surface area contributed by atoms with Crippen molar-refractivity contribution < 1.29 is 4.79 Å². The van der Waals surface area contributed by atoms with Gasteiger partial charge in [-0.05, 0) is 41.3 Å². The van der Waals surface area contributed by atoms with E-state index in [9.17, 15) is 4.79 Å². The minimum Gasteiger partial charge on any atom is -0.317 e. The lowest BCUT2D eigenvalue weighted by molar-refractivity contribution is 0.207. The minimum atomic E-state index is -0.0795. The van der Waals surface area contributed by atoms with Crippen LogP contribution in [0.2, 0.25) is 0 Å². The van der Waals surface area contributed by atoms with Gasteiger partial charge in [0, 0.05) is 12.7 Å². The summed E-state index contributed by atoms with van der Waals surface area (Å²) in [6, 6.07) is 20.2. The third kappa shape index (κ3) is 2.71. The third-order valence-electron chi connectivity index (χ3n) is 4.60. The molecule has 4 nitrogen and oxygen atoms in total. The van der Waals surface area contributed by atoms with Gasteiger partial charge in [0.2, 0.25) is 0 Å². The summed E-state index contributed by atoms with van der Waals surface area (Å²) in [5, 5.41) is 5.35. The Morgan fingerprint density at radius 2 is 1.88 bits per heavy atom. The summed E-state index contributed by atoms with van der Waals surface area (Å²) in [4.78, 5) is 18.8. The van der Waals surface area contributed by atoms with Gasteiger partial charge in [0.05, 0.1) is 6.04 Å². The third-order valence-corrected chi connectivity index (χ3v) is 4.60. The van der Waals surface area contributed by atoms with Crippen molar-refractivity contribution in [3.05, 3.63) is 72.4 Å². The monoisotopic (exact) mass is 317 g/mol. The molecule has 1 aliphatic rings. The maximum atomic E-state index is 12.7. The summed E-state index contributed by atoms with van der Waals surface area (Å²) in [6.45, 7) is 0.770. The van der Waals surface area contributed by atoms with E-state index in [0.717, 1.165) is 19.4 Å². The molecule has 0 spiro atoms. The zero-order valence-corrected chi connectivity index (χ0v) is 13.4. The molecule has 1 unspecified atom stereocenters. The van der Waals surface area contributed by atoms with Gasteiger partial charge in [-0.3, -0.25) is 5.32 Å². The number of pyridine rings is 1. The van der Waals surface area contributed by atoms with Gasteiger partial charge < -0.3 is 4.90 Å². The Hall–Kier alpha value is -2.88. The van der Waals surface area contributed by atoms with E-state index in [1.165, 1.54) is 16.3 Å². The number of nitrogens with one attached hydrogen (secondary N) is 1. The lowest BCUT2D eigenvalue weighted by Crippen LogP contribution is -2.34. The van der Waals surface area contributed by atoms with Crippen LogP contribution in [-0.2, 0) is 0 Å². The average Bonchev–Trinajstić information content (AvgIpc) is 3.12. The van der Waals surface area contributed by atoms with E-state index in [2.05, 4.69) is 46.7 Å². The zero-order chi connectivity index (χ0) is 16.4. The molecule has 24 heavy (non-hydrogen) atoms. The summed E-state index contributed by atoms with van der Waals surface area (Å²) >= 11 is 0. The molecule has 2 heterocycles. The molecule has 0 bridgehead atoms. The van der Waals surface area contributed by atoms with Crippen LogP contribution in [0, 0.1) is 0 Å². The van der Waals surface area contributed by atoms with E-state index >= 15 is 0 Å². The number of amides is 2. The molecule has 1 fully saturated rings. The summed E-state index contributed by atoms with van der Waals surface area (Å²) < 4.78 is 0. The molecule has 1 N–H and O–H groups in total. The lowest BCUT2D eigenvalue weighted by Gasteiger charge is -2.26. The van der Waals surface area contributed by atoms with Gasteiger partial charge in [-0.2, -0.15) is 0 Å². The van der Waals surface area contributed by atoms with Crippen molar-refractivity contribution >= 4 is 22.6 Å². The number of fused-ring (bicyclic) bond motifs is 1. The van der Waals surface area contributed by atoms with Crippen molar-refractivity contribution in [1.82, 2.24) is 9.88 Å². The topological polar surface area (TPSA) is 45.2 Å². The molecule has 3 aromatic rings. The fourth-order valence-electron chi connectivity index (χ4n) is 3.49. The van der Waals surface area contributed by atoms with Gasteiger partial charge >= 0.3 is 6.03 Å². The summed E-state index contributed by atoms with van der Waals surface area (Å²) in [5.74, 6) is 0.589. The molecule has 4 heteroatoms. The number of rotatable bonds is 2. The Morgan fingerprint density at radius 3 is 2.75 bits per heavy atom. The van der Waals surface area contributed by atoms with Crippen molar-refractivity contribution in [2.75, 3.05) is 11.9 Å². The van der Waals surface area contributed by atoms with Crippen molar-refractivity contribution in [3.63, 3.8) is 0 Å². The smallest absolute Gasteiger partial charge is 0.317 e. The maximum absolute atomic E-state index is 12.7. The van der Waals surface area contributed by atoms with Crippen LogP contribution in [0.4, 0.5) is 10.6 Å². The summed E-state index contributed by atoms with van der Waals surface area (Å²) in [7, 11) is 0.